The zero-order valence-corrected chi connectivity index (χ0v) is 16.6. The van der Waals surface area contributed by atoms with Crippen LogP contribution in [0, 0.1) is 0 Å². The first-order valence-corrected chi connectivity index (χ1v) is 10.2. The zero-order valence-electron chi connectivity index (χ0n) is 16.6. The van der Waals surface area contributed by atoms with Crippen molar-refractivity contribution in [2.24, 2.45) is 0 Å². The first-order chi connectivity index (χ1) is 13.6. The molecule has 28 heavy (non-hydrogen) atoms. The van der Waals surface area contributed by atoms with Gasteiger partial charge in [-0.15, -0.1) is 0 Å². The molecule has 3 rings (SSSR count). The molecule has 1 aliphatic carbocycles. The van der Waals surface area contributed by atoms with Gasteiger partial charge < -0.3 is 20.1 Å². The van der Waals surface area contributed by atoms with Crippen LogP contribution in [0.5, 0.6) is 0 Å². The number of carbonyl (C=O) groups is 2. The van der Waals surface area contributed by atoms with Crippen molar-refractivity contribution in [3.8, 4) is 0 Å². The molecular formula is C21H31N3O4. The van der Waals surface area contributed by atoms with Crippen molar-refractivity contribution in [1.29, 1.82) is 0 Å². The summed E-state index contributed by atoms with van der Waals surface area (Å²) in [5.74, 6) is 0. The number of piperidine rings is 1. The average Bonchev–Trinajstić information content (AvgIpc) is 2.71. The Morgan fingerprint density at radius 3 is 2.18 bits per heavy atom. The van der Waals surface area contributed by atoms with Gasteiger partial charge in [-0.25, -0.2) is 9.59 Å². The van der Waals surface area contributed by atoms with Crippen LogP contribution in [0.3, 0.4) is 0 Å². The van der Waals surface area contributed by atoms with Crippen LogP contribution in [0.15, 0.2) is 30.3 Å². The van der Waals surface area contributed by atoms with Crippen LogP contribution in [0.25, 0.3) is 0 Å². The maximum absolute atomic E-state index is 12.2. The first-order valence-electron chi connectivity index (χ1n) is 10.2. The minimum absolute atomic E-state index is 0.0751. The number of methoxy groups -OCH3 is 1. The maximum atomic E-state index is 12.2. The molecule has 0 unspecified atom stereocenters. The van der Waals surface area contributed by atoms with Gasteiger partial charge in [0.1, 0.15) is 6.10 Å². The van der Waals surface area contributed by atoms with Crippen LogP contribution in [-0.2, 0) is 16.0 Å². The maximum Gasteiger partial charge on any atom is 0.407 e. The summed E-state index contributed by atoms with van der Waals surface area (Å²) >= 11 is 0. The van der Waals surface area contributed by atoms with Crippen molar-refractivity contribution in [1.82, 2.24) is 15.5 Å². The summed E-state index contributed by atoms with van der Waals surface area (Å²) in [5, 5.41) is 5.83. The summed E-state index contributed by atoms with van der Waals surface area (Å²) in [5.41, 5.74) is 1.32. The van der Waals surface area contributed by atoms with E-state index in [4.69, 9.17) is 4.74 Å². The number of hydrogen-bond acceptors (Lipinski definition) is 5. The van der Waals surface area contributed by atoms with Gasteiger partial charge in [-0.1, -0.05) is 30.3 Å². The van der Waals surface area contributed by atoms with E-state index < -0.39 is 6.09 Å². The van der Waals surface area contributed by atoms with E-state index in [1.54, 1.807) is 0 Å². The van der Waals surface area contributed by atoms with Crippen LogP contribution in [-0.4, -0.2) is 55.5 Å². The van der Waals surface area contributed by atoms with Crippen LogP contribution in [0.2, 0.25) is 0 Å². The van der Waals surface area contributed by atoms with Crippen molar-refractivity contribution in [2.45, 2.75) is 63.3 Å². The Hall–Kier alpha value is -2.28. The summed E-state index contributed by atoms with van der Waals surface area (Å²) in [6, 6.07) is 10.7. The second-order valence-corrected chi connectivity index (χ2v) is 7.70. The Kier molecular flexibility index (Phi) is 7.54. The monoisotopic (exact) mass is 389 g/mol. The molecule has 2 aliphatic rings. The third kappa shape index (κ3) is 6.41. The fourth-order valence-corrected chi connectivity index (χ4v) is 3.98. The zero-order chi connectivity index (χ0) is 19.8. The largest absolute Gasteiger partial charge is 0.453 e. The van der Waals surface area contributed by atoms with Crippen molar-refractivity contribution in [2.75, 3.05) is 20.2 Å². The molecule has 154 valence electrons. The van der Waals surface area contributed by atoms with Crippen LogP contribution in [0.1, 0.15) is 44.1 Å². The lowest BCUT2D eigenvalue weighted by atomic mass is 9.93. The highest BCUT2D eigenvalue weighted by Gasteiger charge is 2.27. The molecule has 1 aromatic rings. The molecule has 7 heteroatoms. The number of nitrogens with zero attached hydrogens (tertiary/aromatic N) is 1. The molecule has 0 radical (unpaired) electrons. The summed E-state index contributed by atoms with van der Waals surface area (Å²) in [6.07, 6.45) is 4.21. The smallest absolute Gasteiger partial charge is 0.407 e. The molecule has 0 aromatic heterocycles. The van der Waals surface area contributed by atoms with Crippen molar-refractivity contribution < 1.29 is 19.1 Å². The highest BCUT2D eigenvalue weighted by molar-refractivity contribution is 5.68. The minimum Gasteiger partial charge on any atom is -0.453 e. The minimum atomic E-state index is -0.402. The summed E-state index contributed by atoms with van der Waals surface area (Å²) in [6.45, 7) is 2.91. The van der Waals surface area contributed by atoms with E-state index in [9.17, 15) is 9.59 Å². The first kappa shape index (κ1) is 20.5. The van der Waals surface area contributed by atoms with Gasteiger partial charge in [0.2, 0.25) is 0 Å². The van der Waals surface area contributed by atoms with E-state index in [0.717, 1.165) is 58.2 Å². The molecule has 1 heterocycles. The highest BCUT2D eigenvalue weighted by Crippen LogP contribution is 2.22. The third-order valence-electron chi connectivity index (χ3n) is 5.61. The van der Waals surface area contributed by atoms with Crippen LogP contribution in [0.4, 0.5) is 9.59 Å². The van der Waals surface area contributed by atoms with E-state index in [-0.39, 0.29) is 24.3 Å². The van der Waals surface area contributed by atoms with E-state index in [1.807, 2.05) is 6.07 Å². The van der Waals surface area contributed by atoms with E-state index >= 15 is 0 Å². The second kappa shape index (κ2) is 10.3. The summed E-state index contributed by atoms with van der Waals surface area (Å²) < 4.78 is 10.2. The lowest BCUT2D eigenvalue weighted by molar-refractivity contribution is 0.0627. The number of likely N-dealkylation sites (tertiary alicyclic amines) is 1. The van der Waals surface area contributed by atoms with Gasteiger partial charge in [0.05, 0.1) is 7.11 Å². The number of hydrogen-bond donors (Lipinski definition) is 2. The molecule has 2 amide bonds. The second-order valence-electron chi connectivity index (χ2n) is 7.70. The molecular weight excluding hydrogens is 358 g/mol. The Morgan fingerprint density at radius 2 is 1.54 bits per heavy atom. The molecule has 0 bridgehead atoms. The Morgan fingerprint density at radius 1 is 0.929 bits per heavy atom. The topological polar surface area (TPSA) is 79.9 Å². The molecule has 0 spiro atoms. The molecule has 1 saturated heterocycles. The lowest BCUT2D eigenvalue weighted by Gasteiger charge is -2.33. The van der Waals surface area contributed by atoms with Crippen molar-refractivity contribution in [3.05, 3.63) is 35.9 Å². The number of nitrogens with one attached hydrogen (secondary N) is 2. The summed E-state index contributed by atoms with van der Waals surface area (Å²) in [7, 11) is 1.36. The Bertz CT molecular complexity index is 624. The van der Waals surface area contributed by atoms with E-state index in [0.29, 0.717) is 0 Å². The number of rotatable bonds is 5. The molecule has 7 nitrogen and oxygen atoms in total. The fraction of sp³-hybridized carbons (Fsp3) is 0.619. The number of benzene rings is 1. The van der Waals surface area contributed by atoms with Gasteiger partial charge >= 0.3 is 12.2 Å². The average molecular weight is 389 g/mol. The number of amides is 2. The molecule has 1 saturated carbocycles. The SMILES string of the molecule is COC(=O)NC1CCC(OC(=O)NC2CCN(Cc3ccccc3)CC2)CC1. The lowest BCUT2D eigenvalue weighted by Crippen LogP contribution is -2.46. The van der Waals surface area contributed by atoms with Gasteiger partial charge in [-0.3, -0.25) is 4.90 Å². The molecule has 0 atom stereocenters. The van der Waals surface area contributed by atoms with E-state index in [1.165, 1.54) is 12.7 Å². The Balaban J connectivity index is 1.31. The van der Waals surface area contributed by atoms with Gasteiger partial charge in [-0.05, 0) is 44.1 Å². The van der Waals surface area contributed by atoms with Gasteiger partial charge in [0, 0.05) is 31.7 Å². The van der Waals surface area contributed by atoms with Gasteiger partial charge in [-0.2, -0.15) is 0 Å². The Labute approximate surface area is 166 Å². The number of carbonyl (C=O) groups excluding carboxylic acids is 2. The van der Waals surface area contributed by atoms with Crippen LogP contribution >= 0.6 is 0 Å². The highest BCUT2D eigenvalue weighted by atomic mass is 16.6. The standard InChI is InChI=1S/C21H31N3O4/c1-27-20(25)22-17-7-9-19(10-8-17)28-21(26)23-18-11-13-24(14-12-18)15-16-5-3-2-4-6-16/h2-6,17-19H,7-15H2,1H3,(H,22,25)(H,23,26). The predicted octanol–water partition coefficient (Wildman–Crippen LogP) is 3.04. The van der Waals surface area contributed by atoms with Crippen LogP contribution < -0.4 is 10.6 Å². The normalized spacial score (nSPS) is 23.6. The fourth-order valence-electron chi connectivity index (χ4n) is 3.98. The molecule has 1 aliphatic heterocycles. The predicted molar refractivity (Wildman–Crippen MR) is 106 cm³/mol. The van der Waals surface area contributed by atoms with Crippen molar-refractivity contribution in [3.63, 3.8) is 0 Å². The summed E-state index contributed by atoms with van der Waals surface area (Å²) in [4.78, 5) is 25.9. The van der Waals surface area contributed by atoms with E-state index in [2.05, 4.69) is 44.5 Å². The quantitative estimate of drug-likeness (QED) is 0.809. The number of ether oxygens (including phenoxy) is 2. The third-order valence-corrected chi connectivity index (χ3v) is 5.61. The molecule has 2 fully saturated rings. The van der Waals surface area contributed by atoms with Crippen molar-refractivity contribution >= 4 is 12.2 Å². The molecule has 1 aromatic carbocycles. The molecule has 2 N–H and O–H groups in total. The van der Waals surface area contributed by atoms with Gasteiger partial charge in [0.15, 0.2) is 0 Å². The van der Waals surface area contributed by atoms with Gasteiger partial charge in [0.25, 0.3) is 0 Å². The number of alkyl carbamates (subject to hydrolysis) is 2.